The SMILES string of the molecule is N#Cc1cc(N)c(OCC2CCOCC2)c(I)c1. The van der Waals surface area contributed by atoms with E-state index < -0.39 is 0 Å². The molecule has 1 saturated heterocycles. The number of halogens is 1. The molecule has 0 amide bonds. The van der Waals surface area contributed by atoms with Crippen LogP contribution < -0.4 is 10.5 Å². The Kier molecular flexibility index (Phi) is 4.66. The zero-order valence-electron chi connectivity index (χ0n) is 9.99. The van der Waals surface area contributed by atoms with Crippen molar-refractivity contribution in [2.75, 3.05) is 25.6 Å². The first-order valence-corrected chi connectivity index (χ1v) is 6.98. The van der Waals surface area contributed by atoms with Crippen LogP contribution in [0, 0.1) is 20.8 Å². The summed E-state index contributed by atoms with van der Waals surface area (Å²) in [7, 11) is 0. The normalized spacial score (nSPS) is 16.2. The standard InChI is InChI=1S/C13H15IN2O2/c14-11-5-10(7-15)6-12(16)13(11)18-8-9-1-3-17-4-2-9/h5-6,9H,1-4,8,16H2. The highest BCUT2D eigenvalue weighted by atomic mass is 127. The lowest BCUT2D eigenvalue weighted by molar-refractivity contribution is 0.0497. The average molecular weight is 358 g/mol. The van der Waals surface area contributed by atoms with Crippen LogP contribution in [-0.4, -0.2) is 19.8 Å². The van der Waals surface area contributed by atoms with Crippen molar-refractivity contribution in [3.63, 3.8) is 0 Å². The number of anilines is 1. The number of nitriles is 1. The molecule has 0 aromatic heterocycles. The van der Waals surface area contributed by atoms with E-state index in [1.54, 1.807) is 12.1 Å². The molecular formula is C13H15IN2O2. The number of nitrogens with zero attached hydrogens (tertiary/aromatic N) is 1. The molecule has 1 aromatic carbocycles. The number of rotatable bonds is 3. The number of benzene rings is 1. The van der Waals surface area contributed by atoms with Crippen LogP contribution in [0.25, 0.3) is 0 Å². The smallest absolute Gasteiger partial charge is 0.155 e. The first-order chi connectivity index (χ1) is 8.70. The van der Waals surface area contributed by atoms with Gasteiger partial charge in [0, 0.05) is 13.2 Å². The number of nitrogen functional groups attached to an aromatic ring is 1. The molecule has 96 valence electrons. The van der Waals surface area contributed by atoms with Gasteiger partial charge in [0.2, 0.25) is 0 Å². The molecule has 0 radical (unpaired) electrons. The lowest BCUT2D eigenvalue weighted by Crippen LogP contribution is -2.21. The minimum Gasteiger partial charge on any atom is -0.490 e. The molecule has 1 heterocycles. The van der Waals surface area contributed by atoms with Gasteiger partial charge in [0.1, 0.15) is 0 Å². The number of hydrogen-bond donors (Lipinski definition) is 1. The van der Waals surface area contributed by atoms with Gasteiger partial charge in [0.15, 0.2) is 5.75 Å². The summed E-state index contributed by atoms with van der Waals surface area (Å²) in [5, 5.41) is 8.85. The van der Waals surface area contributed by atoms with Gasteiger partial charge >= 0.3 is 0 Å². The van der Waals surface area contributed by atoms with E-state index in [1.165, 1.54) is 0 Å². The van der Waals surface area contributed by atoms with E-state index in [9.17, 15) is 0 Å². The number of ether oxygens (including phenoxy) is 2. The summed E-state index contributed by atoms with van der Waals surface area (Å²) < 4.78 is 12.0. The quantitative estimate of drug-likeness (QED) is 0.666. The molecule has 0 aliphatic carbocycles. The van der Waals surface area contributed by atoms with Crippen molar-refractivity contribution >= 4 is 28.3 Å². The maximum absolute atomic E-state index is 8.85. The summed E-state index contributed by atoms with van der Waals surface area (Å²) >= 11 is 2.15. The van der Waals surface area contributed by atoms with Crippen LogP contribution in [0.3, 0.4) is 0 Å². The summed E-state index contributed by atoms with van der Waals surface area (Å²) in [5.41, 5.74) is 7.01. The Morgan fingerprint density at radius 2 is 2.17 bits per heavy atom. The van der Waals surface area contributed by atoms with Crippen molar-refractivity contribution in [2.24, 2.45) is 5.92 Å². The minimum absolute atomic E-state index is 0.532. The largest absolute Gasteiger partial charge is 0.490 e. The van der Waals surface area contributed by atoms with E-state index in [0.717, 1.165) is 29.6 Å². The molecular weight excluding hydrogens is 343 g/mol. The summed E-state index contributed by atoms with van der Waals surface area (Å²) in [6.45, 7) is 2.29. The topological polar surface area (TPSA) is 68.3 Å². The van der Waals surface area contributed by atoms with Crippen LogP contribution in [0.4, 0.5) is 5.69 Å². The molecule has 0 saturated carbocycles. The van der Waals surface area contributed by atoms with Gasteiger partial charge in [-0.2, -0.15) is 5.26 Å². The van der Waals surface area contributed by atoms with Gasteiger partial charge in [0.05, 0.1) is 27.5 Å². The zero-order chi connectivity index (χ0) is 13.0. The molecule has 2 rings (SSSR count). The van der Waals surface area contributed by atoms with Gasteiger partial charge in [0.25, 0.3) is 0 Å². The van der Waals surface area contributed by atoms with E-state index in [2.05, 4.69) is 28.7 Å². The fourth-order valence-corrected chi connectivity index (χ4v) is 2.75. The number of hydrogen-bond acceptors (Lipinski definition) is 4. The highest BCUT2D eigenvalue weighted by Gasteiger charge is 2.16. The monoisotopic (exact) mass is 358 g/mol. The van der Waals surface area contributed by atoms with Gasteiger partial charge in [-0.15, -0.1) is 0 Å². The Bertz CT molecular complexity index is 442. The van der Waals surface area contributed by atoms with Crippen molar-refractivity contribution < 1.29 is 9.47 Å². The van der Waals surface area contributed by atoms with Gasteiger partial charge in [-0.3, -0.25) is 0 Å². The fraction of sp³-hybridized carbons (Fsp3) is 0.462. The van der Waals surface area contributed by atoms with Crippen LogP contribution in [0.1, 0.15) is 18.4 Å². The maximum Gasteiger partial charge on any atom is 0.155 e. The molecule has 1 aromatic rings. The van der Waals surface area contributed by atoms with Crippen LogP contribution in [0.15, 0.2) is 12.1 Å². The third-order valence-corrected chi connectivity index (χ3v) is 3.81. The first kappa shape index (κ1) is 13.4. The van der Waals surface area contributed by atoms with E-state index in [-0.39, 0.29) is 0 Å². The molecule has 0 atom stereocenters. The first-order valence-electron chi connectivity index (χ1n) is 5.90. The lowest BCUT2D eigenvalue weighted by Gasteiger charge is -2.22. The molecule has 5 heteroatoms. The third-order valence-electron chi connectivity index (χ3n) is 3.01. The molecule has 1 aliphatic rings. The molecule has 4 nitrogen and oxygen atoms in total. The second kappa shape index (κ2) is 6.25. The molecule has 1 fully saturated rings. The van der Waals surface area contributed by atoms with E-state index in [0.29, 0.717) is 29.5 Å². The molecule has 0 unspecified atom stereocenters. The van der Waals surface area contributed by atoms with Crippen LogP contribution >= 0.6 is 22.6 Å². The van der Waals surface area contributed by atoms with Crippen LogP contribution in [0.2, 0.25) is 0 Å². The van der Waals surface area contributed by atoms with Crippen molar-refractivity contribution in [3.05, 3.63) is 21.3 Å². The fourth-order valence-electron chi connectivity index (χ4n) is 1.95. The number of nitrogens with two attached hydrogens (primary N) is 1. The summed E-state index contributed by atoms with van der Waals surface area (Å²) in [5.74, 6) is 1.23. The Morgan fingerprint density at radius 1 is 1.44 bits per heavy atom. The Morgan fingerprint density at radius 3 is 2.78 bits per heavy atom. The summed E-state index contributed by atoms with van der Waals surface area (Å²) in [4.78, 5) is 0. The lowest BCUT2D eigenvalue weighted by atomic mass is 10.0. The second-order valence-electron chi connectivity index (χ2n) is 4.35. The predicted molar refractivity (Wildman–Crippen MR) is 77.3 cm³/mol. The minimum atomic E-state index is 0.532. The summed E-state index contributed by atoms with van der Waals surface area (Å²) in [6.07, 6.45) is 2.07. The molecule has 0 bridgehead atoms. The molecule has 2 N–H and O–H groups in total. The third kappa shape index (κ3) is 3.27. The van der Waals surface area contributed by atoms with Crippen molar-refractivity contribution in [1.29, 1.82) is 5.26 Å². The highest BCUT2D eigenvalue weighted by molar-refractivity contribution is 14.1. The second-order valence-corrected chi connectivity index (χ2v) is 5.52. The molecule has 0 spiro atoms. The zero-order valence-corrected chi connectivity index (χ0v) is 12.1. The van der Waals surface area contributed by atoms with Gasteiger partial charge in [-0.25, -0.2) is 0 Å². The van der Waals surface area contributed by atoms with Crippen molar-refractivity contribution in [2.45, 2.75) is 12.8 Å². The summed E-state index contributed by atoms with van der Waals surface area (Å²) in [6, 6.07) is 5.53. The van der Waals surface area contributed by atoms with Crippen LogP contribution in [-0.2, 0) is 4.74 Å². The van der Waals surface area contributed by atoms with E-state index in [1.807, 2.05) is 0 Å². The van der Waals surface area contributed by atoms with Gasteiger partial charge in [-0.05, 0) is 53.5 Å². The van der Waals surface area contributed by atoms with Crippen molar-refractivity contribution in [3.8, 4) is 11.8 Å². The van der Waals surface area contributed by atoms with Crippen LogP contribution in [0.5, 0.6) is 5.75 Å². The maximum atomic E-state index is 8.85. The van der Waals surface area contributed by atoms with E-state index >= 15 is 0 Å². The predicted octanol–water partition coefficient (Wildman–Crippen LogP) is 2.55. The highest BCUT2D eigenvalue weighted by Crippen LogP contribution is 2.30. The molecule has 1 aliphatic heterocycles. The molecule has 18 heavy (non-hydrogen) atoms. The van der Waals surface area contributed by atoms with Gasteiger partial charge in [-0.1, -0.05) is 0 Å². The Hall–Kier alpha value is -1.00. The van der Waals surface area contributed by atoms with Gasteiger partial charge < -0.3 is 15.2 Å². The Labute approximate surface area is 120 Å². The Balaban J connectivity index is 2.02. The van der Waals surface area contributed by atoms with Crippen molar-refractivity contribution in [1.82, 2.24) is 0 Å². The van der Waals surface area contributed by atoms with E-state index in [4.69, 9.17) is 20.5 Å². The average Bonchev–Trinajstić information content (AvgIpc) is 2.38.